The zero-order chi connectivity index (χ0) is 13.0. The van der Waals surface area contributed by atoms with E-state index in [1.165, 1.54) is 25.7 Å². The van der Waals surface area contributed by atoms with Gasteiger partial charge in [0.2, 0.25) is 0 Å². The van der Waals surface area contributed by atoms with E-state index in [4.69, 9.17) is 0 Å². The number of hydrogen-bond donors (Lipinski definition) is 2. The molecule has 0 spiro atoms. The molecule has 4 nitrogen and oxygen atoms in total. The van der Waals surface area contributed by atoms with Crippen molar-refractivity contribution in [3.8, 4) is 0 Å². The predicted molar refractivity (Wildman–Crippen MR) is 73.6 cm³/mol. The molecule has 104 valence electrons. The average Bonchev–Trinajstić information content (AvgIpc) is 2.32. The van der Waals surface area contributed by atoms with Crippen LogP contribution in [0.1, 0.15) is 46.0 Å². The van der Waals surface area contributed by atoms with Gasteiger partial charge in [0.1, 0.15) is 0 Å². The third kappa shape index (κ3) is 3.87. The summed E-state index contributed by atoms with van der Waals surface area (Å²) in [4.78, 5) is 13.7. The van der Waals surface area contributed by atoms with E-state index in [1.54, 1.807) is 0 Å². The number of amides is 2. The minimum atomic E-state index is 0.139. The lowest BCUT2D eigenvalue weighted by molar-refractivity contribution is 0.159. The smallest absolute Gasteiger partial charge is 0.317 e. The van der Waals surface area contributed by atoms with E-state index in [9.17, 15) is 4.79 Å². The van der Waals surface area contributed by atoms with Crippen LogP contribution in [0.3, 0.4) is 0 Å². The molecule has 2 unspecified atom stereocenters. The maximum atomic E-state index is 11.7. The van der Waals surface area contributed by atoms with Crippen molar-refractivity contribution in [1.29, 1.82) is 0 Å². The van der Waals surface area contributed by atoms with Crippen LogP contribution in [0.15, 0.2) is 0 Å². The number of nitrogens with one attached hydrogen (secondary N) is 2. The molecule has 2 fully saturated rings. The molecular weight excluding hydrogens is 226 g/mol. The lowest BCUT2D eigenvalue weighted by Crippen LogP contribution is -2.49. The van der Waals surface area contributed by atoms with Crippen LogP contribution in [0.2, 0.25) is 0 Å². The van der Waals surface area contributed by atoms with E-state index in [2.05, 4.69) is 24.5 Å². The molecular formula is C14H27N3O. The largest absolute Gasteiger partial charge is 0.338 e. The molecule has 1 aliphatic carbocycles. The normalized spacial score (nSPS) is 29.5. The van der Waals surface area contributed by atoms with Crippen LogP contribution >= 0.6 is 0 Å². The van der Waals surface area contributed by atoms with Crippen LogP contribution in [0.25, 0.3) is 0 Å². The van der Waals surface area contributed by atoms with Gasteiger partial charge in [-0.1, -0.05) is 20.3 Å². The number of nitrogens with zero attached hydrogens (tertiary/aromatic N) is 1. The van der Waals surface area contributed by atoms with Gasteiger partial charge >= 0.3 is 6.03 Å². The quantitative estimate of drug-likeness (QED) is 0.804. The molecule has 4 heteroatoms. The van der Waals surface area contributed by atoms with Crippen LogP contribution < -0.4 is 10.6 Å². The maximum absolute atomic E-state index is 11.7. The molecule has 0 radical (unpaired) electrons. The fraction of sp³-hybridized carbons (Fsp3) is 0.929. The minimum absolute atomic E-state index is 0.139. The second-order valence-corrected chi connectivity index (χ2v) is 6.08. The number of rotatable bonds is 4. The summed E-state index contributed by atoms with van der Waals surface area (Å²) in [5, 5.41) is 6.58. The SMILES string of the molecule is CC(C)NC1CCCC(CN2CCCNC2=O)C1. The first-order valence-corrected chi connectivity index (χ1v) is 7.44. The van der Waals surface area contributed by atoms with Gasteiger partial charge in [0.15, 0.2) is 0 Å². The van der Waals surface area contributed by atoms with E-state index in [0.29, 0.717) is 18.0 Å². The zero-order valence-electron chi connectivity index (χ0n) is 11.7. The zero-order valence-corrected chi connectivity index (χ0v) is 11.7. The Bertz CT molecular complexity index is 280. The minimum Gasteiger partial charge on any atom is -0.338 e. The van der Waals surface area contributed by atoms with Gasteiger partial charge < -0.3 is 15.5 Å². The van der Waals surface area contributed by atoms with Crippen molar-refractivity contribution in [3.63, 3.8) is 0 Å². The molecule has 0 bridgehead atoms. The lowest BCUT2D eigenvalue weighted by Gasteiger charge is -2.36. The Kier molecular flexibility index (Phi) is 4.87. The summed E-state index contributed by atoms with van der Waals surface area (Å²) >= 11 is 0. The van der Waals surface area contributed by atoms with Crippen molar-refractivity contribution in [2.45, 2.75) is 58.0 Å². The summed E-state index contributed by atoms with van der Waals surface area (Å²) in [6.45, 7) is 7.15. The molecule has 1 saturated carbocycles. The van der Waals surface area contributed by atoms with E-state index in [-0.39, 0.29) is 6.03 Å². The Balaban J connectivity index is 1.79. The molecule has 2 amide bonds. The molecule has 1 heterocycles. The van der Waals surface area contributed by atoms with Crippen LogP contribution in [0.4, 0.5) is 4.79 Å². The molecule has 18 heavy (non-hydrogen) atoms. The molecule has 2 N–H and O–H groups in total. The Morgan fingerprint density at radius 2 is 2.22 bits per heavy atom. The van der Waals surface area contributed by atoms with Gasteiger partial charge in [0, 0.05) is 31.7 Å². The summed E-state index contributed by atoms with van der Waals surface area (Å²) < 4.78 is 0. The highest BCUT2D eigenvalue weighted by molar-refractivity contribution is 5.74. The highest BCUT2D eigenvalue weighted by Gasteiger charge is 2.26. The first-order valence-electron chi connectivity index (χ1n) is 7.44. The van der Waals surface area contributed by atoms with E-state index in [0.717, 1.165) is 26.1 Å². The van der Waals surface area contributed by atoms with Gasteiger partial charge in [-0.3, -0.25) is 0 Å². The molecule has 2 aliphatic rings. The maximum Gasteiger partial charge on any atom is 0.317 e. The fourth-order valence-electron chi connectivity index (χ4n) is 3.24. The number of hydrogen-bond acceptors (Lipinski definition) is 2. The number of carbonyl (C=O) groups is 1. The third-order valence-corrected chi connectivity index (χ3v) is 4.00. The van der Waals surface area contributed by atoms with Gasteiger partial charge in [0.05, 0.1) is 0 Å². The molecule has 1 saturated heterocycles. The van der Waals surface area contributed by atoms with E-state index >= 15 is 0 Å². The van der Waals surface area contributed by atoms with Crippen molar-refractivity contribution in [2.75, 3.05) is 19.6 Å². The topological polar surface area (TPSA) is 44.4 Å². The molecule has 0 aromatic carbocycles. The van der Waals surface area contributed by atoms with Crippen molar-refractivity contribution >= 4 is 6.03 Å². The number of carbonyl (C=O) groups excluding carboxylic acids is 1. The molecule has 2 atom stereocenters. The van der Waals surface area contributed by atoms with Crippen molar-refractivity contribution < 1.29 is 4.79 Å². The highest BCUT2D eigenvalue weighted by atomic mass is 16.2. The van der Waals surface area contributed by atoms with Crippen molar-refractivity contribution in [1.82, 2.24) is 15.5 Å². The van der Waals surface area contributed by atoms with E-state index < -0.39 is 0 Å². The Morgan fingerprint density at radius 3 is 2.94 bits per heavy atom. The summed E-state index contributed by atoms with van der Waals surface area (Å²) in [6.07, 6.45) is 6.18. The summed E-state index contributed by atoms with van der Waals surface area (Å²) in [5.74, 6) is 0.679. The fourth-order valence-corrected chi connectivity index (χ4v) is 3.24. The van der Waals surface area contributed by atoms with Gasteiger partial charge in [-0.05, 0) is 31.6 Å². The van der Waals surface area contributed by atoms with Crippen LogP contribution in [0, 0.1) is 5.92 Å². The van der Waals surface area contributed by atoms with Crippen LogP contribution in [0.5, 0.6) is 0 Å². The average molecular weight is 253 g/mol. The van der Waals surface area contributed by atoms with Gasteiger partial charge in [0.25, 0.3) is 0 Å². The first kappa shape index (κ1) is 13.7. The highest BCUT2D eigenvalue weighted by Crippen LogP contribution is 2.25. The van der Waals surface area contributed by atoms with Gasteiger partial charge in [-0.2, -0.15) is 0 Å². The molecule has 0 aromatic heterocycles. The van der Waals surface area contributed by atoms with E-state index in [1.807, 2.05) is 4.90 Å². The predicted octanol–water partition coefficient (Wildman–Crippen LogP) is 1.96. The summed E-state index contributed by atoms with van der Waals surface area (Å²) in [5.41, 5.74) is 0. The lowest BCUT2D eigenvalue weighted by atomic mass is 9.85. The van der Waals surface area contributed by atoms with Crippen LogP contribution in [-0.4, -0.2) is 42.6 Å². The summed E-state index contributed by atoms with van der Waals surface area (Å²) in [6, 6.07) is 1.35. The second-order valence-electron chi connectivity index (χ2n) is 6.08. The van der Waals surface area contributed by atoms with Crippen molar-refractivity contribution in [3.05, 3.63) is 0 Å². The second kappa shape index (κ2) is 6.41. The molecule has 2 rings (SSSR count). The Labute approximate surface area is 110 Å². The Hall–Kier alpha value is -0.770. The molecule has 0 aromatic rings. The Morgan fingerprint density at radius 1 is 1.39 bits per heavy atom. The van der Waals surface area contributed by atoms with Gasteiger partial charge in [-0.25, -0.2) is 4.79 Å². The van der Waals surface area contributed by atoms with Crippen LogP contribution in [-0.2, 0) is 0 Å². The van der Waals surface area contributed by atoms with Gasteiger partial charge in [-0.15, -0.1) is 0 Å². The number of urea groups is 1. The standard InChI is InChI=1S/C14H27N3O/c1-11(2)16-13-6-3-5-12(9-13)10-17-8-4-7-15-14(17)18/h11-13,16H,3-10H2,1-2H3,(H,15,18). The van der Waals surface area contributed by atoms with Crippen molar-refractivity contribution in [2.24, 2.45) is 5.92 Å². The first-order chi connectivity index (χ1) is 8.65. The monoisotopic (exact) mass is 253 g/mol. The summed E-state index contributed by atoms with van der Waals surface area (Å²) in [7, 11) is 0. The molecule has 1 aliphatic heterocycles. The third-order valence-electron chi connectivity index (χ3n) is 4.00.